The van der Waals surface area contributed by atoms with Crippen molar-refractivity contribution >= 4 is 0 Å². The first-order chi connectivity index (χ1) is 4.50. The number of hydrogen-bond donors (Lipinski definition) is 2. The fraction of sp³-hybridized carbons (Fsp3) is 1.00. The molecule has 0 atom stereocenters. The minimum absolute atomic E-state index is 0.826. The summed E-state index contributed by atoms with van der Waals surface area (Å²) in [5.41, 5.74) is 6.15. The molecule has 0 aromatic heterocycles. The molecule has 0 amide bonds. The highest BCUT2D eigenvalue weighted by Crippen LogP contribution is 1.88. The Balaban J connectivity index is 2.02. The molecule has 3 nitrogen and oxygen atoms in total. The quantitative estimate of drug-likeness (QED) is 0.480. The fourth-order valence-electron chi connectivity index (χ4n) is 0.820. The van der Waals surface area contributed by atoms with Crippen molar-refractivity contribution in [2.45, 2.75) is 12.8 Å². The van der Waals surface area contributed by atoms with E-state index in [1.54, 1.807) is 0 Å². The van der Waals surface area contributed by atoms with E-state index in [2.05, 4.69) is 10.9 Å². The van der Waals surface area contributed by atoms with Crippen LogP contribution in [-0.2, 0) is 4.74 Å². The first-order valence-electron chi connectivity index (χ1n) is 3.53. The largest absolute Gasteiger partial charge is 0.380 e. The topological polar surface area (TPSA) is 33.3 Å². The molecule has 1 aliphatic heterocycles. The van der Waals surface area contributed by atoms with Crippen molar-refractivity contribution in [2.24, 2.45) is 0 Å². The van der Waals surface area contributed by atoms with E-state index in [1.807, 2.05) is 0 Å². The van der Waals surface area contributed by atoms with E-state index in [0.717, 1.165) is 26.3 Å². The number of ether oxygens (including phenoxy) is 1. The van der Waals surface area contributed by atoms with Gasteiger partial charge in [-0.2, -0.15) is 0 Å². The average molecular weight is 130 g/mol. The minimum atomic E-state index is 0.826. The van der Waals surface area contributed by atoms with E-state index in [9.17, 15) is 0 Å². The minimum Gasteiger partial charge on any atom is -0.380 e. The van der Waals surface area contributed by atoms with Crippen molar-refractivity contribution in [3.05, 3.63) is 0 Å². The monoisotopic (exact) mass is 130 g/mol. The van der Waals surface area contributed by atoms with Gasteiger partial charge in [0, 0.05) is 19.7 Å². The molecule has 0 radical (unpaired) electrons. The average Bonchev–Trinajstić information content (AvgIpc) is 2.00. The second kappa shape index (κ2) is 4.73. The van der Waals surface area contributed by atoms with E-state index in [1.165, 1.54) is 12.8 Å². The van der Waals surface area contributed by atoms with Gasteiger partial charge >= 0.3 is 0 Å². The van der Waals surface area contributed by atoms with Crippen molar-refractivity contribution in [3.8, 4) is 0 Å². The Hall–Kier alpha value is -0.120. The zero-order valence-electron chi connectivity index (χ0n) is 5.65. The van der Waals surface area contributed by atoms with Crippen LogP contribution in [0.15, 0.2) is 0 Å². The maximum Gasteiger partial charge on any atom is 0.0604 e. The van der Waals surface area contributed by atoms with E-state index in [-0.39, 0.29) is 0 Å². The SMILES string of the molecule is C1CCOCCNNC1. The Morgan fingerprint density at radius 3 is 2.78 bits per heavy atom. The van der Waals surface area contributed by atoms with E-state index in [4.69, 9.17) is 4.74 Å². The second-order valence-corrected chi connectivity index (χ2v) is 2.17. The van der Waals surface area contributed by atoms with Crippen molar-refractivity contribution in [3.63, 3.8) is 0 Å². The van der Waals surface area contributed by atoms with Gasteiger partial charge in [0.25, 0.3) is 0 Å². The first kappa shape index (κ1) is 6.99. The van der Waals surface area contributed by atoms with Crippen LogP contribution in [0.25, 0.3) is 0 Å². The van der Waals surface area contributed by atoms with Crippen LogP contribution in [0.2, 0.25) is 0 Å². The molecule has 0 unspecified atom stereocenters. The smallest absolute Gasteiger partial charge is 0.0604 e. The summed E-state index contributed by atoms with van der Waals surface area (Å²) in [6.45, 7) is 3.72. The van der Waals surface area contributed by atoms with Gasteiger partial charge in [-0.15, -0.1) is 0 Å². The van der Waals surface area contributed by atoms with Crippen LogP contribution in [0.1, 0.15) is 12.8 Å². The maximum absolute atomic E-state index is 5.25. The summed E-state index contributed by atoms with van der Waals surface area (Å²) in [7, 11) is 0. The molecule has 1 fully saturated rings. The van der Waals surface area contributed by atoms with Gasteiger partial charge in [-0.25, -0.2) is 0 Å². The lowest BCUT2D eigenvalue weighted by molar-refractivity contribution is 0.136. The Bertz CT molecular complexity index is 39.5. The van der Waals surface area contributed by atoms with Gasteiger partial charge in [-0.3, -0.25) is 10.9 Å². The van der Waals surface area contributed by atoms with Gasteiger partial charge < -0.3 is 4.74 Å². The number of rotatable bonds is 0. The lowest BCUT2D eigenvalue weighted by atomic mass is 10.3. The molecule has 0 aromatic rings. The highest BCUT2D eigenvalue weighted by Gasteiger charge is 1.93. The second-order valence-electron chi connectivity index (χ2n) is 2.17. The van der Waals surface area contributed by atoms with Gasteiger partial charge in [0.2, 0.25) is 0 Å². The summed E-state index contributed by atoms with van der Waals surface area (Å²) in [6.07, 6.45) is 2.38. The van der Waals surface area contributed by atoms with Crippen LogP contribution in [0.3, 0.4) is 0 Å². The van der Waals surface area contributed by atoms with Gasteiger partial charge in [-0.1, -0.05) is 0 Å². The normalized spacial score (nSPS) is 24.0. The van der Waals surface area contributed by atoms with Gasteiger partial charge in [0.1, 0.15) is 0 Å². The zero-order chi connectivity index (χ0) is 6.36. The van der Waals surface area contributed by atoms with Crippen LogP contribution >= 0.6 is 0 Å². The lowest BCUT2D eigenvalue weighted by Gasteiger charge is -2.01. The summed E-state index contributed by atoms with van der Waals surface area (Å²) in [6, 6.07) is 0. The number of nitrogens with one attached hydrogen (secondary N) is 2. The molecule has 0 spiro atoms. The first-order valence-corrected chi connectivity index (χ1v) is 3.53. The molecule has 0 aliphatic carbocycles. The molecule has 2 N–H and O–H groups in total. The molecule has 9 heavy (non-hydrogen) atoms. The van der Waals surface area contributed by atoms with Crippen LogP contribution < -0.4 is 10.9 Å². The standard InChI is InChI=1S/C6H14N2O/c1-2-5-9-6-4-8-7-3-1/h7-8H,1-6H2. The molecule has 0 bridgehead atoms. The molecule has 0 saturated carbocycles. The van der Waals surface area contributed by atoms with Gasteiger partial charge in [0.05, 0.1) is 6.61 Å². The molecule has 54 valence electrons. The third-order valence-corrected chi connectivity index (χ3v) is 1.34. The summed E-state index contributed by atoms with van der Waals surface area (Å²) < 4.78 is 5.25. The third-order valence-electron chi connectivity index (χ3n) is 1.34. The van der Waals surface area contributed by atoms with Crippen LogP contribution in [0, 0.1) is 0 Å². The molecule has 1 rings (SSSR count). The van der Waals surface area contributed by atoms with E-state index >= 15 is 0 Å². The predicted molar refractivity (Wildman–Crippen MR) is 36.1 cm³/mol. The molecule has 1 aliphatic rings. The van der Waals surface area contributed by atoms with Crippen molar-refractivity contribution in [1.82, 2.24) is 10.9 Å². The number of hydrogen-bond acceptors (Lipinski definition) is 3. The number of hydrazine groups is 1. The Kier molecular flexibility index (Phi) is 3.68. The van der Waals surface area contributed by atoms with Crippen LogP contribution in [0.4, 0.5) is 0 Å². The van der Waals surface area contributed by atoms with E-state index < -0.39 is 0 Å². The summed E-state index contributed by atoms with van der Waals surface area (Å²) in [5.74, 6) is 0. The Morgan fingerprint density at radius 1 is 0.889 bits per heavy atom. The molecule has 1 heterocycles. The lowest BCUT2D eigenvalue weighted by Crippen LogP contribution is -2.34. The highest BCUT2D eigenvalue weighted by atomic mass is 16.5. The van der Waals surface area contributed by atoms with Crippen molar-refractivity contribution < 1.29 is 4.74 Å². The van der Waals surface area contributed by atoms with Gasteiger partial charge in [-0.05, 0) is 12.8 Å². The third kappa shape index (κ3) is 3.46. The maximum atomic E-state index is 5.25. The highest BCUT2D eigenvalue weighted by molar-refractivity contribution is 4.47. The van der Waals surface area contributed by atoms with Crippen molar-refractivity contribution in [1.29, 1.82) is 0 Å². The van der Waals surface area contributed by atoms with Crippen LogP contribution in [-0.4, -0.2) is 26.3 Å². The molecule has 1 saturated heterocycles. The molecule has 0 aromatic carbocycles. The summed E-state index contributed by atoms with van der Waals surface area (Å²) in [5, 5.41) is 0. The van der Waals surface area contributed by atoms with Crippen molar-refractivity contribution in [2.75, 3.05) is 26.3 Å². The Labute approximate surface area is 55.7 Å². The van der Waals surface area contributed by atoms with Gasteiger partial charge in [0.15, 0.2) is 0 Å². The molecule has 3 heteroatoms. The van der Waals surface area contributed by atoms with E-state index in [0.29, 0.717) is 0 Å². The molecular weight excluding hydrogens is 116 g/mol. The zero-order valence-corrected chi connectivity index (χ0v) is 5.65. The predicted octanol–water partition coefficient (Wildman–Crippen LogP) is -0.109. The summed E-state index contributed by atoms with van der Waals surface area (Å²) >= 11 is 0. The van der Waals surface area contributed by atoms with Crippen LogP contribution in [0.5, 0.6) is 0 Å². The summed E-state index contributed by atoms with van der Waals surface area (Å²) in [4.78, 5) is 0. The fourth-order valence-corrected chi connectivity index (χ4v) is 0.820. The Morgan fingerprint density at radius 2 is 1.78 bits per heavy atom. The molecular formula is C6H14N2O.